The SMILES string of the molecule is CC1=C(/C=C/[C@]2(C)OC[C@H]3O[C@H](O[C@]4(CO)O[C@H](CO)[C@@H](O)[C@@H]4O)[C@H](O)[C@@H](O)[C@@H]3O2)C(C)(C)CCC1. The van der Waals surface area contributed by atoms with Gasteiger partial charge in [0.15, 0.2) is 12.1 Å². The molecule has 0 aromatic carbocycles. The van der Waals surface area contributed by atoms with E-state index in [1.54, 1.807) is 6.92 Å². The van der Waals surface area contributed by atoms with Crippen LogP contribution in [0.25, 0.3) is 0 Å². The van der Waals surface area contributed by atoms with Gasteiger partial charge in [0, 0.05) is 0 Å². The van der Waals surface area contributed by atoms with Crippen molar-refractivity contribution in [3.63, 3.8) is 0 Å². The summed E-state index contributed by atoms with van der Waals surface area (Å²) in [6.45, 7) is 6.74. The summed E-state index contributed by atoms with van der Waals surface area (Å²) in [7, 11) is 0. The lowest BCUT2D eigenvalue weighted by atomic mass is 9.72. The van der Waals surface area contributed by atoms with E-state index < -0.39 is 73.8 Å². The van der Waals surface area contributed by atoms with Crippen LogP contribution in [0.5, 0.6) is 0 Å². The van der Waals surface area contributed by atoms with Gasteiger partial charge < -0.3 is 54.3 Å². The van der Waals surface area contributed by atoms with Crippen LogP contribution >= 0.6 is 0 Å². The summed E-state index contributed by atoms with van der Waals surface area (Å²) in [5, 5.41) is 61.3. The van der Waals surface area contributed by atoms with Crippen LogP contribution in [0.15, 0.2) is 23.3 Å². The molecular weight excluding hydrogens is 476 g/mol. The Morgan fingerprint density at radius 3 is 2.36 bits per heavy atom. The zero-order valence-electron chi connectivity index (χ0n) is 21.2. The number of hydrogen-bond acceptors (Lipinski definition) is 11. The van der Waals surface area contributed by atoms with Gasteiger partial charge in [-0.25, -0.2) is 0 Å². The monoisotopic (exact) mass is 516 g/mol. The highest BCUT2D eigenvalue weighted by molar-refractivity contribution is 5.33. The average Bonchev–Trinajstić information content (AvgIpc) is 3.07. The summed E-state index contributed by atoms with van der Waals surface area (Å²) >= 11 is 0. The molecule has 10 atom stereocenters. The molecule has 11 nitrogen and oxygen atoms in total. The molecule has 0 amide bonds. The van der Waals surface area contributed by atoms with Crippen LogP contribution in [0.2, 0.25) is 0 Å². The Kier molecular flexibility index (Phi) is 8.03. The van der Waals surface area contributed by atoms with Crippen LogP contribution in [-0.2, 0) is 23.7 Å². The van der Waals surface area contributed by atoms with Crippen molar-refractivity contribution in [2.75, 3.05) is 19.8 Å². The van der Waals surface area contributed by atoms with Gasteiger partial charge in [-0.2, -0.15) is 0 Å². The Morgan fingerprint density at radius 1 is 1.03 bits per heavy atom. The highest BCUT2D eigenvalue weighted by atomic mass is 16.8. The van der Waals surface area contributed by atoms with E-state index >= 15 is 0 Å². The van der Waals surface area contributed by atoms with Crippen molar-refractivity contribution in [3.05, 3.63) is 23.3 Å². The minimum atomic E-state index is -2.17. The Hall–Kier alpha value is -0.960. The first-order valence-electron chi connectivity index (χ1n) is 12.5. The molecule has 0 radical (unpaired) electrons. The Balaban J connectivity index is 1.47. The summed E-state index contributed by atoms with van der Waals surface area (Å²) in [5.41, 5.74) is 2.57. The Labute approximate surface area is 210 Å². The molecule has 3 fully saturated rings. The van der Waals surface area contributed by atoms with Crippen molar-refractivity contribution in [3.8, 4) is 0 Å². The molecule has 0 aromatic rings. The molecule has 0 unspecified atom stereocenters. The second-order valence-electron chi connectivity index (χ2n) is 11.1. The smallest absolute Gasteiger partial charge is 0.224 e. The third kappa shape index (κ3) is 5.04. The molecule has 1 aliphatic carbocycles. The Bertz CT molecular complexity index is 857. The lowest BCUT2D eigenvalue weighted by Crippen LogP contribution is -2.66. The largest absolute Gasteiger partial charge is 0.394 e. The number of rotatable bonds is 6. The summed E-state index contributed by atoms with van der Waals surface area (Å²) in [4.78, 5) is 0. The number of aliphatic hydroxyl groups excluding tert-OH is 6. The number of allylic oxidation sites excluding steroid dienone is 3. The first-order valence-corrected chi connectivity index (χ1v) is 12.5. The molecule has 3 saturated heterocycles. The minimum absolute atomic E-state index is 0.00793. The van der Waals surface area contributed by atoms with Gasteiger partial charge in [-0.15, -0.1) is 0 Å². The first-order chi connectivity index (χ1) is 16.9. The van der Waals surface area contributed by atoms with Crippen LogP contribution in [0, 0.1) is 5.41 Å². The Morgan fingerprint density at radius 2 is 1.75 bits per heavy atom. The van der Waals surface area contributed by atoms with Crippen molar-refractivity contribution >= 4 is 0 Å². The second-order valence-corrected chi connectivity index (χ2v) is 11.1. The summed E-state index contributed by atoms with van der Waals surface area (Å²) in [6, 6.07) is 0. The van der Waals surface area contributed by atoms with E-state index in [9.17, 15) is 30.6 Å². The van der Waals surface area contributed by atoms with E-state index in [1.165, 1.54) is 11.1 Å². The molecule has 206 valence electrons. The molecule has 0 bridgehead atoms. The molecule has 4 aliphatic rings. The fourth-order valence-corrected chi connectivity index (χ4v) is 5.63. The zero-order valence-corrected chi connectivity index (χ0v) is 21.2. The normalized spacial score (nSPS) is 47.4. The highest BCUT2D eigenvalue weighted by Gasteiger charge is 2.59. The summed E-state index contributed by atoms with van der Waals surface area (Å²) < 4.78 is 28.8. The fraction of sp³-hybridized carbons (Fsp3) is 0.840. The van der Waals surface area contributed by atoms with E-state index in [4.69, 9.17) is 23.7 Å². The summed E-state index contributed by atoms with van der Waals surface area (Å²) in [5.74, 6) is -3.34. The maximum Gasteiger partial charge on any atom is 0.224 e. The van der Waals surface area contributed by atoms with E-state index in [-0.39, 0.29) is 12.0 Å². The highest BCUT2D eigenvalue weighted by Crippen LogP contribution is 2.42. The van der Waals surface area contributed by atoms with Crippen molar-refractivity contribution in [2.24, 2.45) is 5.41 Å². The van der Waals surface area contributed by atoms with Crippen LogP contribution in [0.1, 0.15) is 47.0 Å². The molecule has 11 heteroatoms. The van der Waals surface area contributed by atoms with Gasteiger partial charge >= 0.3 is 0 Å². The predicted molar refractivity (Wildman–Crippen MR) is 124 cm³/mol. The third-order valence-electron chi connectivity index (χ3n) is 7.86. The lowest BCUT2D eigenvalue weighted by molar-refractivity contribution is -0.412. The van der Waals surface area contributed by atoms with Crippen LogP contribution < -0.4 is 0 Å². The lowest BCUT2D eigenvalue weighted by Gasteiger charge is -2.50. The number of aliphatic hydroxyl groups is 6. The maximum atomic E-state index is 10.9. The molecule has 3 aliphatic heterocycles. The van der Waals surface area contributed by atoms with Gasteiger partial charge in [0.05, 0.1) is 13.2 Å². The van der Waals surface area contributed by atoms with Gasteiger partial charge in [-0.1, -0.05) is 25.5 Å². The van der Waals surface area contributed by atoms with Gasteiger partial charge in [0.2, 0.25) is 5.79 Å². The molecule has 0 saturated carbocycles. The number of hydrogen-bond donors (Lipinski definition) is 6. The topological polar surface area (TPSA) is 168 Å². The molecule has 4 rings (SSSR count). The number of fused-ring (bicyclic) bond motifs is 1. The minimum Gasteiger partial charge on any atom is -0.394 e. The molecule has 0 aromatic heterocycles. The fourth-order valence-electron chi connectivity index (χ4n) is 5.63. The predicted octanol–water partition coefficient (Wildman–Crippen LogP) is -0.534. The first kappa shape index (κ1) is 28.1. The number of ether oxygens (including phenoxy) is 5. The van der Waals surface area contributed by atoms with Gasteiger partial charge in [0.1, 0.15) is 49.3 Å². The zero-order chi connectivity index (χ0) is 26.5. The molecule has 36 heavy (non-hydrogen) atoms. The van der Waals surface area contributed by atoms with E-state index in [0.717, 1.165) is 19.3 Å². The molecule has 6 N–H and O–H groups in total. The second kappa shape index (κ2) is 10.3. The van der Waals surface area contributed by atoms with Crippen molar-refractivity contribution in [1.82, 2.24) is 0 Å². The van der Waals surface area contributed by atoms with Gasteiger partial charge in [-0.05, 0) is 50.2 Å². The maximum absolute atomic E-state index is 10.9. The molecular formula is C25H40O11. The van der Waals surface area contributed by atoms with Crippen molar-refractivity contribution in [1.29, 1.82) is 0 Å². The summed E-state index contributed by atoms with van der Waals surface area (Å²) in [6.07, 6.45) is -3.82. The van der Waals surface area contributed by atoms with Crippen LogP contribution in [0.3, 0.4) is 0 Å². The molecule has 3 heterocycles. The van der Waals surface area contributed by atoms with E-state index in [2.05, 4.69) is 20.8 Å². The van der Waals surface area contributed by atoms with Crippen molar-refractivity contribution in [2.45, 2.75) is 108 Å². The van der Waals surface area contributed by atoms with Crippen LogP contribution in [0.4, 0.5) is 0 Å². The van der Waals surface area contributed by atoms with Gasteiger partial charge in [-0.3, -0.25) is 0 Å². The third-order valence-corrected chi connectivity index (χ3v) is 7.86. The average molecular weight is 517 g/mol. The molecule has 0 spiro atoms. The van der Waals surface area contributed by atoms with E-state index in [0.29, 0.717) is 0 Å². The van der Waals surface area contributed by atoms with Crippen molar-refractivity contribution < 1.29 is 54.3 Å². The standard InChI is InChI=1S/C25H40O11/c1-13-6-5-8-23(2,3)14(13)7-9-24(4)32-11-16-20(35-24)18(29)19(30)22(33-16)36-25(12-27)21(31)17(28)15(10-26)34-25/h7,9,15-22,26-31H,5-6,8,10-12H2,1-4H3/b9-7+/t15-,16-,17-,18-,19-,20-,21+,22-,24-,25+/m1/s1. The quantitative estimate of drug-likeness (QED) is 0.268. The van der Waals surface area contributed by atoms with E-state index in [1.807, 2.05) is 12.2 Å². The van der Waals surface area contributed by atoms with Gasteiger partial charge in [0.25, 0.3) is 0 Å². The van der Waals surface area contributed by atoms with Crippen LogP contribution in [-0.4, -0.2) is 111 Å².